The van der Waals surface area contributed by atoms with Gasteiger partial charge in [0.2, 0.25) is 17.2 Å². The highest BCUT2D eigenvalue weighted by atomic mass is 35.5. The number of nitrogens with zero attached hydrogens (tertiary/aromatic N) is 3. The van der Waals surface area contributed by atoms with Gasteiger partial charge in [-0.25, -0.2) is 0 Å². The Balaban J connectivity index is 2.22. The number of hydrogen-bond acceptors (Lipinski definition) is 7. The van der Waals surface area contributed by atoms with Crippen LogP contribution in [0.1, 0.15) is 85.0 Å². The highest BCUT2D eigenvalue weighted by molar-refractivity contribution is 6.28. The summed E-state index contributed by atoms with van der Waals surface area (Å²) >= 11 is 5.98. The first-order valence-electron chi connectivity index (χ1n) is 10.8. The molecule has 0 aliphatic carbocycles. The molecular weight excluding hydrogens is 390 g/mol. The lowest BCUT2D eigenvalue weighted by Gasteiger charge is -2.09. The van der Waals surface area contributed by atoms with Gasteiger partial charge in [0.1, 0.15) is 11.6 Å². The van der Waals surface area contributed by atoms with Crippen molar-refractivity contribution in [2.45, 2.75) is 85.0 Å². The van der Waals surface area contributed by atoms with Crippen LogP contribution in [0.15, 0.2) is 0 Å². The number of aromatic nitrogens is 3. The molecule has 0 aromatic carbocycles. The van der Waals surface area contributed by atoms with E-state index < -0.39 is 0 Å². The van der Waals surface area contributed by atoms with Crippen molar-refractivity contribution in [1.82, 2.24) is 15.0 Å². The molecule has 8 heteroatoms. The minimum atomic E-state index is 0.150. The molecule has 0 amide bonds. The van der Waals surface area contributed by atoms with Crippen LogP contribution in [0.4, 0.5) is 11.9 Å². The highest BCUT2D eigenvalue weighted by Gasteiger charge is 2.11. The van der Waals surface area contributed by atoms with Crippen molar-refractivity contribution in [2.75, 3.05) is 23.7 Å². The number of halogens is 1. The number of hydrogen-bond donors (Lipinski definition) is 2. The molecule has 1 heterocycles. The van der Waals surface area contributed by atoms with Gasteiger partial charge in [-0.3, -0.25) is 4.79 Å². The Morgan fingerprint density at radius 2 is 1.45 bits per heavy atom. The third kappa shape index (κ3) is 12.4. The fraction of sp³-hybridized carbons (Fsp3) is 0.762. The van der Waals surface area contributed by atoms with E-state index in [2.05, 4.69) is 32.5 Å². The Kier molecular flexibility index (Phi) is 13.2. The summed E-state index contributed by atoms with van der Waals surface area (Å²) in [7, 11) is 0. The van der Waals surface area contributed by atoms with Gasteiger partial charge in [-0.05, 0) is 50.6 Å². The topological polar surface area (TPSA) is 96.9 Å². The molecule has 0 radical (unpaired) electrons. The Morgan fingerprint density at radius 3 is 1.97 bits per heavy atom. The monoisotopic (exact) mass is 425 g/mol. The maximum atomic E-state index is 12.0. The molecule has 29 heavy (non-hydrogen) atoms. The molecule has 1 aromatic rings. The van der Waals surface area contributed by atoms with Gasteiger partial charge in [-0.15, -0.1) is 0 Å². The molecule has 164 valence electrons. The van der Waals surface area contributed by atoms with Crippen molar-refractivity contribution in [3.05, 3.63) is 5.28 Å². The van der Waals surface area contributed by atoms with Gasteiger partial charge in [0.25, 0.3) is 0 Å². The Bertz CT molecular complexity index is 627. The van der Waals surface area contributed by atoms with E-state index in [1.807, 2.05) is 6.92 Å². The lowest BCUT2D eigenvalue weighted by molar-refractivity contribution is -0.122. The van der Waals surface area contributed by atoms with Crippen molar-refractivity contribution in [3.8, 4) is 0 Å². The van der Waals surface area contributed by atoms with Gasteiger partial charge in [-0.2, -0.15) is 15.0 Å². The first kappa shape index (κ1) is 25.3. The van der Waals surface area contributed by atoms with Crippen molar-refractivity contribution >= 4 is 35.1 Å². The fourth-order valence-electron chi connectivity index (χ4n) is 3.03. The van der Waals surface area contributed by atoms with E-state index in [0.29, 0.717) is 30.5 Å². The van der Waals surface area contributed by atoms with E-state index in [1.54, 1.807) is 6.92 Å². The number of carbonyl (C=O) groups excluding carboxylic acids is 2. The second-order valence-corrected chi connectivity index (χ2v) is 7.92. The van der Waals surface area contributed by atoms with Crippen molar-refractivity contribution < 1.29 is 9.59 Å². The molecule has 0 spiro atoms. The predicted octanol–water partition coefficient (Wildman–Crippen LogP) is 5.06. The van der Waals surface area contributed by atoms with E-state index in [4.69, 9.17) is 11.6 Å². The predicted molar refractivity (Wildman–Crippen MR) is 119 cm³/mol. The largest absolute Gasteiger partial charge is 0.354 e. The fourth-order valence-corrected chi connectivity index (χ4v) is 3.19. The van der Waals surface area contributed by atoms with Crippen LogP contribution >= 0.6 is 11.6 Å². The maximum Gasteiger partial charge on any atom is 0.228 e. The van der Waals surface area contributed by atoms with E-state index >= 15 is 0 Å². The molecule has 1 atom stereocenters. The number of Topliss-reactive ketones (excluding diaryl/α,β-unsaturated/α-hetero) is 2. The molecule has 0 aliphatic rings. The molecule has 1 aromatic heterocycles. The molecule has 1 unspecified atom stereocenters. The number of nitrogens with one attached hydrogen (secondary N) is 2. The van der Waals surface area contributed by atoms with Gasteiger partial charge in [0.15, 0.2) is 0 Å². The molecule has 7 nitrogen and oxygen atoms in total. The van der Waals surface area contributed by atoms with Crippen LogP contribution in [0.25, 0.3) is 0 Å². The van der Waals surface area contributed by atoms with E-state index in [-0.39, 0.29) is 17.0 Å². The molecular formula is C21H36ClN5O2. The summed E-state index contributed by atoms with van der Waals surface area (Å²) in [5.41, 5.74) is 0. The van der Waals surface area contributed by atoms with Crippen molar-refractivity contribution in [1.29, 1.82) is 0 Å². The van der Waals surface area contributed by atoms with Crippen LogP contribution in [0.5, 0.6) is 0 Å². The quantitative estimate of drug-likeness (QED) is 0.336. The second kappa shape index (κ2) is 15.1. The molecule has 1 rings (SSSR count). The van der Waals surface area contributed by atoms with Crippen LogP contribution in [0, 0.1) is 5.92 Å². The van der Waals surface area contributed by atoms with Crippen LogP contribution in [0.2, 0.25) is 5.28 Å². The standard InChI is InChI=1S/C21H36ClN5O2/c1-4-11-16(2)18(29)13-8-6-10-15-24-21-26-19(22)25-20(27-21)23-14-9-5-7-12-17(3)28/h16H,4-15H2,1-3H3,(H2,23,24,25,26,27). The first-order chi connectivity index (χ1) is 13.9. The minimum absolute atomic E-state index is 0.150. The number of carbonyl (C=O) groups is 2. The zero-order valence-electron chi connectivity index (χ0n) is 18.1. The smallest absolute Gasteiger partial charge is 0.228 e. The number of rotatable bonds is 17. The number of anilines is 2. The second-order valence-electron chi connectivity index (χ2n) is 7.58. The van der Waals surface area contributed by atoms with E-state index in [1.165, 1.54) is 0 Å². The normalized spacial score (nSPS) is 11.9. The summed E-state index contributed by atoms with van der Waals surface area (Å²) in [6.45, 7) is 7.20. The summed E-state index contributed by atoms with van der Waals surface area (Å²) in [4.78, 5) is 35.4. The van der Waals surface area contributed by atoms with Crippen LogP contribution in [-0.2, 0) is 9.59 Å². The van der Waals surface area contributed by atoms with Crippen molar-refractivity contribution in [2.24, 2.45) is 5.92 Å². The third-order valence-corrected chi connectivity index (χ3v) is 4.92. The zero-order chi connectivity index (χ0) is 21.5. The molecule has 0 bridgehead atoms. The van der Waals surface area contributed by atoms with Gasteiger partial charge >= 0.3 is 0 Å². The van der Waals surface area contributed by atoms with Crippen LogP contribution < -0.4 is 10.6 Å². The highest BCUT2D eigenvalue weighted by Crippen LogP contribution is 2.13. The SMILES string of the molecule is CCCC(C)C(=O)CCCCCNc1nc(Cl)nc(NCCCCCC(C)=O)n1. The maximum absolute atomic E-state index is 12.0. The van der Waals surface area contributed by atoms with Gasteiger partial charge in [-0.1, -0.05) is 33.1 Å². The lowest BCUT2D eigenvalue weighted by Crippen LogP contribution is -2.12. The number of unbranched alkanes of at least 4 members (excludes halogenated alkanes) is 4. The molecule has 2 N–H and O–H groups in total. The lowest BCUT2D eigenvalue weighted by atomic mass is 9.97. The molecule has 0 saturated carbocycles. The first-order valence-corrected chi connectivity index (χ1v) is 11.2. The van der Waals surface area contributed by atoms with Gasteiger partial charge in [0, 0.05) is 31.8 Å². The summed E-state index contributed by atoms with van der Waals surface area (Å²) in [5, 5.41) is 6.47. The zero-order valence-corrected chi connectivity index (χ0v) is 18.9. The summed E-state index contributed by atoms with van der Waals surface area (Å²) in [5.74, 6) is 1.70. The third-order valence-electron chi connectivity index (χ3n) is 4.75. The van der Waals surface area contributed by atoms with E-state index in [0.717, 1.165) is 64.5 Å². The Morgan fingerprint density at radius 1 is 0.897 bits per heavy atom. The number of ketones is 2. The van der Waals surface area contributed by atoms with Gasteiger partial charge < -0.3 is 15.4 Å². The molecule has 0 aliphatic heterocycles. The summed E-state index contributed by atoms with van der Waals surface area (Å²) < 4.78 is 0. The summed E-state index contributed by atoms with van der Waals surface area (Å²) in [6, 6.07) is 0. The van der Waals surface area contributed by atoms with E-state index in [9.17, 15) is 9.59 Å². The average molecular weight is 426 g/mol. The summed E-state index contributed by atoms with van der Waals surface area (Å²) in [6.07, 6.45) is 9.02. The molecule has 0 fully saturated rings. The van der Waals surface area contributed by atoms with Gasteiger partial charge in [0.05, 0.1) is 0 Å². The molecule has 0 saturated heterocycles. The van der Waals surface area contributed by atoms with Crippen LogP contribution in [-0.4, -0.2) is 39.6 Å². The average Bonchev–Trinajstić information content (AvgIpc) is 2.66. The Labute approximate surface area is 179 Å². The van der Waals surface area contributed by atoms with Crippen LogP contribution in [0.3, 0.4) is 0 Å². The van der Waals surface area contributed by atoms with Crippen molar-refractivity contribution in [3.63, 3.8) is 0 Å². The Hall–Kier alpha value is -1.76. The minimum Gasteiger partial charge on any atom is -0.354 e.